The van der Waals surface area contributed by atoms with Gasteiger partial charge in [0.2, 0.25) is 10.0 Å². The van der Waals surface area contributed by atoms with Crippen molar-refractivity contribution in [1.82, 2.24) is 10.2 Å². The first kappa shape index (κ1) is 16.4. The number of fused-ring (bicyclic) bond motifs is 2. The van der Waals surface area contributed by atoms with Crippen molar-refractivity contribution in [2.75, 3.05) is 0 Å². The van der Waals surface area contributed by atoms with Gasteiger partial charge >= 0.3 is 0 Å². The molecule has 2 aromatic rings. The van der Waals surface area contributed by atoms with Gasteiger partial charge in [0, 0.05) is 12.0 Å². The lowest BCUT2D eigenvalue weighted by Crippen LogP contribution is -2.43. The third kappa shape index (κ3) is 3.12. The number of amides is 1. The van der Waals surface area contributed by atoms with Crippen molar-refractivity contribution in [3.8, 4) is 11.5 Å². The van der Waals surface area contributed by atoms with Crippen molar-refractivity contribution >= 4 is 15.9 Å². The first-order valence-corrected chi connectivity index (χ1v) is 8.74. The Morgan fingerprint density at radius 2 is 1.88 bits per heavy atom. The molecule has 1 aliphatic heterocycles. The predicted molar refractivity (Wildman–Crippen MR) is 85.5 cm³/mol. The van der Waals surface area contributed by atoms with Crippen LogP contribution in [0.15, 0.2) is 47.4 Å². The van der Waals surface area contributed by atoms with Gasteiger partial charge in [0.05, 0.1) is 4.90 Å². The number of hydroxylamine groups is 1. The van der Waals surface area contributed by atoms with Crippen LogP contribution in [0, 0.1) is 0 Å². The van der Waals surface area contributed by atoms with E-state index in [1.807, 2.05) is 24.3 Å². The van der Waals surface area contributed by atoms with E-state index in [0.29, 0.717) is 12.2 Å². The lowest BCUT2D eigenvalue weighted by molar-refractivity contribution is -0.130. The maximum absolute atomic E-state index is 12.4. The highest BCUT2D eigenvalue weighted by atomic mass is 32.2. The molecule has 0 fully saturated rings. The highest BCUT2D eigenvalue weighted by Crippen LogP contribution is 2.37. The van der Waals surface area contributed by atoms with Crippen molar-refractivity contribution in [3.05, 3.63) is 53.6 Å². The normalized spacial score (nSPS) is 14.1. The number of nitrogens with one attached hydrogen (secondary N) is 2. The summed E-state index contributed by atoms with van der Waals surface area (Å²) in [7, 11) is -3.90. The van der Waals surface area contributed by atoms with Gasteiger partial charge in [-0.05, 0) is 36.8 Å². The van der Waals surface area contributed by atoms with Crippen LogP contribution in [0.3, 0.4) is 0 Å². The molecule has 126 valence electrons. The summed E-state index contributed by atoms with van der Waals surface area (Å²) in [5, 5.41) is 8.57. The second-order valence-corrected chi connectivity index (χ2v) is 7.19. The molecule has 0 unspecified atom stereocenters. The largest absolute Gasteiger partial charge is 0.457 e. The fourth-order valence-corrected chi connectivity index (χ4v) is 3.74. The van der Waals surface area contributed by atoms with Crippen molar-refractivity contribution in [2.24, 2.45) is 0 Å². The summed E-state index contributed by atoms with van der Waals surface area (Å²) >= 11 is 0. The van der Waals surface area contributed by atoms with Crippen molar-refractivity contribution < 1.29 is 23.2 Å². The van der Waals surface area contributed by atoms with E-state index >= 15 is 0 Å². The van der Waals surface area contributed by atoms with Gasteiger partial charge in [-0.3, -0.25) is 10.0 Å². The zero-order chi connectivity index (χ0) is 17.3. The summed E-state index contributed by atoms with van der Waals surface area (Å²) in [6, 6.07) is 11.0. The molecular formula is C16H16N2O5S. The van der Waals surface area contributed by atoms with E-state index < -0.39 is 22.0 Å². The van der Waals surface area contributed by atoms with E-state index in [4.69, 9.17) is 9.94 Å². The third-order valence-electron chi connectivity index (χ3n) is 3.75. The monoisotopic (exact) mass is 348 g/mol. The first-order valence-electron chi connectivity index (χ1n) is 7.25. The highest BCUT2D eigenvalue weighted by Gasteiger charge is 2.24. The smallest absolute Gasteiger partial charge is 0.261 e. The van der Waals surface area contributed by atoms with Crippen LogP contribution in [-0.2, 0) is 21.2 Å². The Morgan fingerprint density at radius 1 is 1.17 bits per heavy atom. The summed E-state index contributed by atoms with van der Waals surface area (Å²) in [6.45, 7) is 1.33. The molecule has 0 bridgehead atoms. The molecule has 0 saturated carbocycles. The quantitative estimate of drug-likeness (QED) is 0.490. The predicted octanol–water partition coefficient (Wildman–Crippen LogP) is 1.56. The Balaban J connectivity index is 1.88. The van der Waals surface area contributed by atoms with Crippen LogP contribution in [-0.4, -0.2) is 25.6 Å². The summed E-state index contributed by atoms with van der Waals surface area (Å²) in [5.41, 5.74) is 3.13. The number of carbonyl (C=O) groups is 1. The third-order valence-corrected chi connectivity index (χ3v) is 5.29. The van der Waals surface area contributed by atoms with Crippen LogP contribution in [0.25, 0.3) is 0 Å². The number of rotatable bonds is 4. The fraction of sp³-hybridized carbons (Fsp3) is 0.188. The number of sulfonamides is 1. The van der Waals surface area contributed by atoms with E-state index in [-0.39, 0.29) is 4.90 Å². The molecule has 3 rings (SSSR count). The summed E-state index contributed by atoms with van der Waals surface area (Å²) in [5.74, 6) is 0.523. The number of carbonyl (C=O) groups excluding carboxylic acids is 1. The standard InChI is InChI=1S/C16H16N2O5S/c1-10(16(19)17-20)18-24(21,22)13-6-7-15-12(9-13)8-11-4-2-3-5-14(11)23-15/h2-7,9-10,18,20H,8H2,1H3,(H,17,19)/t10-/m1/s1. The van der Waals surface area contributed by atoms with Crippen molar-refractivity contribution in [3.63, 3.8) is 0 Å². The van der Waals surface area contributed by atoms with Crippen LogP contribution < -0.4 is 14.9 Å². The van der Waals surface area contributed by atoms with Gasteiger partial charge in [-0.2, -0.15) is 4.72 Å². The van der Waals surface area contributed by atoms with E-state index in [1.54, 1.807) is 6.07 Å². The van der Waals surface area contributed by atoms with E-state index in [1.165, 1.54) is 24.5 Å². The minimum absolute atomic E-state index is 0.0295. The molecule has 0 spiro atoms. The summed E-state index contributed by atoms with van der Waals surface area (Å²) in [4.78, 5) is 11.3. The van der Waals surface area contributed by atoms with Gasteiger partial charge in [0.25, 0.3) is 5.91 Å². The molecule has 3 N–H and O–H groups in total. The molecular weight excluding hydrogens is 332 g/mol. The fourth-order valence-electron chi connectivity index (χ4n) is 2.48. The molecule has 0 radical (unpaired) electrons. The van der Waals surface area contributed by atoms with Crippen LogP contribution in [0.1, 0.15) is 18.1 Å². The van der Waals surface area contributed by atoms with Crippen molar-refractivity contribution in [2.45, 2.75) is 24.3 Å². The van der Waals surface area contributed by atoms with E-state index in [9.17, 15) is 13.2 Å². The Bertz CT molecular complexity index is 895. The van der Waals surface area contributed by atoms with Crippen LogP contribution in [0.4, 0.5) is 0 Å². The SMILES string of the molecule is C[C@@H](NS(=O)(=O)c1ccc2c(c1)Cc1ccccc1O2)C(=O)NO. The highest BCUT2D eigenvalue weighted by molar-refractivity contribution is 7.89. The molecule has 0 aliphatic carbocycles. The average Bonchev–Trinajstić information content (AvgIpc) is 2.58. The van der Waals surface area contributed by atoms with Gasteiger partial charge in [-0.15, -0.1) is 0 Å². The van der Waals surface area contributed by atoms with E-state index in [2.05, 4.69) is 4.72 Å². The summed E-state index contributed by atoms with van der Waals surface area (Å²) in [6.07, 6.45) is 0.557. The number of para-hydroxylation sites is 1. The van der Waals surface area contributed by atoms with Crippen molar-refractivity contribution in [1.29, 1.82) is 0 Å². The lowest BCUT2D eigenvalue weighted by Gasteiger charge is -2.21. The molecule has 1 amide bonds. The van der Waals surface area contributed by atoms with Crippen LogP contribution in [0.5, 0.6) is 11.5 Å². The Kier molecular flexibility index (Phi) is 4.27. The molecule has 2 aromatic carbocycles. The van der Waals surface area contributed by atoms with Gasteiger partial charge in [0.1, 0.15) is 17.5 Å². The Hall–Kier alpha value is -2.42. The number of benzene rings is 2. The minimum atomic E-state index is -3.90. The average molecular weight is 348 g/mol. The summed E-state index contributed by atoms with van der Waals surface area (Å²) < 4.78 is 32.7. The minimum Gasteiger partial charge on any atom is -0.457 e. The molecule has 1 aliphatic rings. The van der Waals surface area contributed by atoms with Gasteiger partial charge in [-0.25, -0.2) is 13.9 Å². The molecule has 1 heterocycles. The van der Waals surface area contributed by atoms with Gasteiger partial charge < -0.3 is 4.74 Å². The molecule has 24 heavy (non-hydrogen) atoms. The molecule has 7 nitrogen and oxygen atoms in total. The Labute approximate surface area is 139 Å². The number of ether oxygens (including phenoxy) is 1. The second-order valence-electron chi connectivity index (χ2n) is 5.48. The molecule has 0 aromatic heterocycles. The molecule has 0 saturated heterocycles. The topological polar surface area (TPSA) is 105 Å². The molecule has 8 heteroatoms. The Morgan fingerprint density at radius 3 is 2.62 bits per heavy atom. The van der Waals surface area contributed by atoms with E-state index in [0.717, 1.165) is 16.9 Å². The second kappa shape index (κ2) is 6.23. The molecule has 1 atom stereocenters. The van der Waals surface area contributed by atoms with Gasteiger partial charge in [-0.1, -0.05) is 18.2 Å². The number of hydrogen-bond donors (Lipinski definition) is 3. The maximum atomic E-state index is 12.4. The van der Waals surface area contributed by atoms with Crippen LogP contribution in [0.2, 0.25) is 0 Å². The lowest BCUT2D eigenvalue weighted by atomic mass is 10.0. The van der Waals surface area contributed by atoms with Crippen LogP contribution >= 0.6 is 0 Å². The maximum Gasteiger partial charge on any atom is 0.261 e. The number of hydrogen-bond acceptors (Lipinski definition) is 5. The first-order chi connectivity index (χ1) is 11.4. The zero-order valence-corrected chi connectivity index (χ0v) is 13.6. The van der Waals surface area contributed by atoms with Gasteiger partial charge in [0.15, 0.2) is 0 Å². The zero-order valence-electron chi connectivity index (χ0n) is 12.8.